The molecule has 19 heavy (non-hydrogen) atoms. The molecule has 100 valence electrons. The predicted octanol–water partition coefficient (Wildman–Crippen LogP) is 1.96. The zero-order valence-electron chi connectivity index (χ0n) is 11.4. The predicted molar refractivity (Wildman–Crippen MR) is 75.5 cm³/mol. The van der Waals surface area contributed by atoms with Gasteiger partial charge in [0, 0.05) is 24.3 Å². The SMILES string of the molecule is Cc1c(C(CC2Cc3ccccc32)NN)cnn1C. The van der Waals surface area contributed by atoms with Gasteiger partial charge in [0.1, 0.15) is 0 Å². The number of aryl methyl sites for hydroxylation is 1. The summed E-state index contributed by atoms with van der Waals surface area (Å²) in [4.78, 5) is 0. The maximum atomic E-state index is 5.74. The topological polar surface area (TPSA) is 55.9 Å². The van der Waals surface area contributed by atoms with Crippen LogP contribution in [0.4, 0.5) is 0 Å². The quantitative estimate of drug-likeness (QED) is 0.649. The minimum Gasteiger partial charge on any atom is -0.273 e. The van der Waals surface area contributed by atoms with Crippen molar-refractivity contribution in [1.29, 1.82) is 0 Å². The average molecular weight is 256 g/mol. The molecule has 4 nitrogen and oxygen atoms in total. The molecule has 0 fully saturated rings. The number of hydrogen-bond acceptors (Lipinski definition) is 3. The van der Waals surface area contributed by atoms with E-state index in [1.807, 2.05) is 17.9 Å². The van der Waals surface area contributed by atoms with Crippen molar-refractivity contribution in [2.75, 3.05) is 0 Å². The van der Waals surface area contributed by atoms with Crippen LogP contribution in [0.25, 0.3) is 0 Å². The lowest BCUT2D eigenvalue weighted by Gasteiger charge is -2.32. The van der Waals surface area contributed by atoms with Crippen LogP contribution >= 0.6 is 0 Å². The number of hydrogen-bond donors (Lipinski definition) is 2. The van der Waals surface area contributed by atoms with Gasteiger partial charge in [-0.2, -0.15) is 5.10 Å². The second-order valence-corrected chi connectivity index (χ2v) is 5.36. The first-order valence-corrected chi connectivity index (χ1v) is 6.73. The molecular weight excluding hydrogens is 236 g/mol. The summed E-state index contributed by atoms with van der Waals surface area (Å²) in [5.41, 5.74) is 8.28. The fourth-order valence-corrected chi connectivity index (χ4v) is 3.00. The molecular formula is C15H20N4. The zero-order chi connectivity index (χ0) is 13.4. The fraction of sp³-hybridized carbons (Fsp3) is 0.400. The third kappa shape index (κ3) is 2.07. The van der Waals surface area contributed by atoms with Crippen molar-refractivity contribution >= 4 is 0 Å². The molecule has 2 atom stereocenters. The monoisotopic (exact) mass is 256 g/mol. The minimum atomic E-state index is 0.173. The summed E-state index contributed by atoms with van der Waals surface area (Å²) in [5, 5.41) is 4.30. The van der Waals surface area contributed by atoms with Gasteiger partial charge >= 0.3 is 0 Å². The number of aromatic nitrogens is 2. The molecule has 1 aromatic heterocycles. The molecule has 1 aliphatic rings. The lowest BCUT2D eigenvalue weighted by molar-refractivity contribution is 0.434. The van der Waals surface area contributed by atoms with Gasteiger partial charge in [-0.15, -0.1) is 0 Å². The summed E-state index contributed by atoms with van der Waals surface area (Å²) in [6, 6.07) is 8.84. The van der Waals surface area contributed by atoms with E-state index >= 15 is 0 Å². The molecule has 0 radical (unpaired) electrons. The van der Waals surface area contributed by atoms with Gasteiger partial charge < -0.3 is 0 Å². The van der Waals surface area contributed by atoms with Crippen molar-refractivity contribution < 1.29 is 0 Å². The summed E-state index contributed by atoms with van der Waals surface area (Å²) < 4.78 is 1.90. The van der Waals surface area contributed by atoms with Gasteiger partial charge in [0.25, 0.3) is 0 Å². The first-order chi connectivity index (χ1) is 9.20. The van der Waals surface area contributed by atoms with E-state index in [2.05, 4.69) is 41.7 Å². The molecule has 0 saturated carbocycles. The van der Waals surface area contributed by atoms with Crippen LogP contribution in [0.2, 0.25) is 0 Å². The molecule has 1 aliphatic carbocycles. The summed E-state index contributed by atoms with van der Waals surface area (Å²) >= 11 is 0. The van der Waals surface area contributed by atoms with Gasteiger partial charge in [0.05, 0.1) is 6.20 Å². The van der Waals surface area contributed by atoms with Crippen LogP contribution in [0.3, 0.4) is 0 Å². The van der Waals surface area contributed by atoms with Gasteiger partial charge in [-0.25, -0.2) is 0 Å². The van der Waals surface area contributed by atoms with Gasteiger partial charge in [-0.3, -0.25) is 16.0 Å². The van der Waals surface area contributed by atoms with E-state index in [0.29, 0.717) is 5.92 Å². The van der Waals surface area contributed by atoms with Crippen molar-refractivity contribution in [2.24, 2.45) is 12.9 Å². The van der Waals surface area contributed by atoms with Crippen LogP contribution < -0.4 is 11.3 Å². The largest absolute Gasteiger partial charge is 0.273 e. The molecule has 2 aromatic rings. The van der Waals surface area contributed by atoms with Gasteiger partial charge in [0.2, 0.25) is 0 Å². The summed E-state index contributed by atoms with van der Waals surface area (Å²) in [7, 11) is 1.96. The number of nitrogens with zero attached hydrogens (tertiary/aromatic N) is 2. The second kappa shape index (κ2) is 4.79. The van der Waals surface area contributed by atoms with Crippen molar-refractivity contribution in [3.63, 3.8) is 0 Å². The van der Waals surface area contributed by atoms with Gasteiger partial charge in [-0.1, -0.05) is 24.3 Å². The maximum Gasteiger partial charge on any atom is 0.0540 e. The number of nitrogens with two attached hydrogens (primary N) is 1. The van der Waals surface area contributed by atoms with Crippen LogP contribution in [0.15, 0.2) is 30.5 Å². The average Bonchev–Trinajstić information content (AvgIpc) is 2.72. The highest BCUT2D eigenvalue weighted by Gasteiger charge is 2.29. The number of rotatable bonds is 4. The van der Waals surface area contributed by atoms with E-state index < -0.39 is 0 Å². The Kier molecular flexibility index (Phi) is 3.12. The molecule has 3 rings (SSSR count). The number of benzene rings is 1. The second-order valence-electron chi connectivity index (χ2n) is 5.36. The Morgan fingerprint density at radius 3 is 2.89 bits per heavy atom. The van der Waals surface area contributed by atoms with Crippen molar-refractivity contribution in [2.45, 2.75) is 31.7 Å². The molecule has 1 aromatic carbocycles. The lowest BCUT2D eigenvalue weighted by Crippen LogP contribution is -2.31. The Labute approximate surface area is 113 Å². The van der Waals surface area contributed by atoms with E-state index in [1.54, 1.807) is 0 Å². The molecule has 0 bridgehead atoms. The van der Waals surface area contributed by atoms with Crippen LogP contribution in [-0.4, -0.2) is 9.78 Å². The Morgan fingerprint density at radius 2 is 2.26 bits per heavy atom. The molecule has 1 heterocycles. The highest BCUT2D eigenvalue weighted by molar-refractivity contribution is 5.40. The van der Waals surface area contributed by atoms with E-state index in [4.69, 9.17) is 5.84 Å². The molecule has 0 spiro atoms. The third-order valence-electron chi connectivity index (χ3n) is 4.33. The van der Waals surface area contributed by atoms with E-state index in [-0.39, 0.29) is 6.04 Å². The Hall–Kier alpha value is -1.65. The third-order valence-corrected chi connectivity index (χ3v) is 4.33. The number of fused-ring (bicyclic) bond motifs is 1. The maximum absolute atomic E-state index is 5.74. The Morgan fingerprint density at radius 1 is 1.47 bits per heavy atom. The molecule has 4 heteroatoms. The Balaban J connectivity index is 1.77. The zero-order valence-corrected chi connectivity index (χ0v) is 11.4. The molecule has 0 amide bonds. The molecule has 0 aliphatic heterocycles. The number of hydrazine groups is 1. The van der Waals surface area contributed by atoms with Crippen LogP contribution in [0.5, 0.6) is 0 Å². The fourth-order valence-electron chi connectivity index (χ4n) is 3.00. The smallest absolute Gasteiger partial charge is 0.0540 e. The van der Waals surface area contributed by atoms with E-state index in [1.165, 1.54) is 22.4 Å². The van der Waals surface area contributed by atoms with Crippen molar-refractivity contribution in [3.8, 4) is 0 Å². The highest BCUT2D eigenvalue weighted by atomic mass is 15.3. The van der Waals surface area contributed by atoms with Crippen LogP contribution in [-0.2, 0) is 13.5 Å². The van der Waals surface area contributed by atoms with Crippen molar-refractivity contribution in [3.05, 3.63) is 52.8 Å². The standard InChI is InChI=1S/C15H20N4/c1-10-14(9-17-19(10)2)15(18-16)8-12-7-11-5-3-4-6-13(11)12/h3-6,9,12,15,18H,7-8,16H2,1-2H3. The van der Waals surface area contributed by atoms with Crippen LogP contribution in [0, 0.1) is 6.92 Å². The molecule has 3 N–H and O–H groups in total. The molecule has 0 saturated heterocycles. The van der Waals surface area contributed by atoms with E-state index in [0.717, 1.165) is 12.8 Å². The van der Waals surface area contributed by atoms with E-state index in [9.17, 15) is 0 Å². The molecule has 2 unspecified atom stereocenters. The normalized spacial score (nSPS) is 18.8. The van der Waals surface area contributed by atoms with Gasteiger partial charge in [-0.05, 0) is 36.8 Å². The number of nitrogens with one attached hydrogen (secondary N) is 1. The first kappa shape index (κ1) is 12.4. The highest BCUT2D eigenvalue weighted by Crippen LogP contribution is 2.40. The Bertz CT molecular complexity index is 588. The summed E-state index contributed by atoms with van der Waals surface area (Å²) in [6.07, 6.45) is 4.11. The van der Waals surface area contributed by atoms with Gasteiger partial charge in [0.15, 0.2) is 0 Å². The summed E-state index contributed by atoms with van der Waals surface area (Å²) in [5.74, 6) is 6.35. The summed E-state index contributed by atoms with van der Waals surface area (Å²) in [6.45, 7) is 2.08. The van der Waals surface area contributed by atoms with Crippen molar-refractivity contribution in [1.82, 2.24) is 15.2 Å². The minimum absolute atomic E-state index is 0.173. The van der Waals surface area contributed by atoms with Crippen LogP contribution in [0.1, 0.15) is 40.8 Å². The lowest BCUT2D eigenvalue weighted by atomic mass is 9.74. The first-order valence-electron chi connectivity index (χ1n) is 6.73.